The zero-order chi connectivity index (χ0) is 13.8. The van der Waals surface area contributed by atoms with Crippen molar-refractivity contribution in [3.05, 3.63) is 0 Å². The number of nitrogens with two attached hydrogens (primary N) is 1. The van der Waals surface area contributed by atoms with Crippen LogP contribution in [-0.2, 0) is 9.59 Å². The van der Waals surface area contributed by atoms with E-state index in [0.29, 0.717) is 0 Å². The Morgan fingerprint density at radius 1 is 1.41 bits per heavy atom. The number of hydrogen-bond donors (Lipinski definition) is 2. The van der Waals surface area contributed by atoms with E-state index < -0.39 is 16.8 Å². The van der Waals surface area contributed by atoms with Gasteiger partial charge in [0.1, 0.15) is 6.04 Å². The van der Waals surface area contributed by atoms with E-state index in [1.54, 1.807) is 25.8 Å². The van der Waals surface area contributed by atoms with Crippen LogP contribution in [0, 0.1) is 0 Å². The van der Waals surface area contributed by atoms with Crippen LogP contribution in [0.2, 0.25) is 0 Å². The molecule has 0 aromatic rings. The number of amides is 1. The number of carbonyl (C=O) groups excluding carboxylic acids is 1. The number of hydrogen-bond acceptors (Lipinski definition) is 4. The molecule has 0 aliphatic carbocycles. The molecule has 17 heavy (non-hydrogen) atoms. The lowest BCUT2D eigenvalue weighted by Crippen LogP contribution is -2.47. The highest BCUT2D eigenvalue weighted by Crippen LogP contribution is 2.27. The fourth-order valence-corrected chi connectivity index (χ4v) is 2.00. The molecule has 3 N–H and O–H groups in total. The average molecular weight is 262 g/mol. The van der Waals surface area contributed by atoms with Crippen molar-refractivity contribution in [2.24, 2.45) is 5.73 Å². The second-order valence-corrected chi connectivity index (χ2v) is 6.44. The van der Waals surface area contributed by atoms with Crippen molar-refractivity contribution in [3.63, 3.8) is 0 Å². The zero-order valence-electron chi connectivity index (χ0n) is 11.1. The van der Waals surface area contributed by atoms with Crippen molar-refractivity contribution in [1.29, 1.82) is 0 Å². The average Bonchev–Trinajstić information content (AvgIpc) is 2.23. The Morgan fingerprint density at radius 2 is 1.88 bits per heavy atom. The van der Waals surface area contributed by atoms with E-state index in [2.05, 4.69) is 0 Å². The lowest BCUT2D eigenvalue weighted by atomic mass is 10.1. The first-order chi connectivity index (χ1) is 7.59. The van der Waals surface area contributed by atoms with Crippen molar-refractivity contribution >= 4 is 23.6 Å². The van der Waals surface area contributed by atoms with Crippen LogP contribution in [0.4, 0.5) is 0 Å². The molecule has 0 fully saturated rings. The van der Waals surface area contributed by atoms with Crippen LogP contribution in [0.5, 0.6) is 0 Å². The summed E-state index contributed by atoms with van der Waals surface area (Å²) in [5, 5.41) is 8.85. The van der Waals surface area contributed by atoms with E-state index in [1.165, 1.54) is 11.8 Å². The highest BCUT2D eigenvalue weighted by molar-refractivity contribution is 8.01. The van der Waals surface area contributed by atoms with Crippen molar-refractivity contribution in [2.75, 3.05) is 12.8 Å². The second-order valence-electron chi connectivity index (χ2n) is 4.81. The summed E-state index contributed by atoms with van der Waals surface area (Å²) in [4.78, 5) is 24.2. The fraction of sp³-hybridized carbons (Fsp3) is 0.818. The van der Waals surface area contributed by atoms with Gasteiger partial charge in [-0.2, -0.15) is 0 Å². The number of aliphatic carboxylic acids is 1. The minimum absolute atomic E-state index is 0.0179. The number of thioether (sulfide) groups is 1. The Bertz CT molecular complexity index is 292. The lowest BCUT2D eigenvalue weighted by molar-refractivity contribution is -0.139. The SMILES string of the molecule is CC(C)N(C)C(=O)CSC(C)(C)[C@H](N)C(=O)O. The van der Waals surface area contributed by atoms with Crippen molar-refractivity contribution < 1.29 is 14.7 Å². The summed E-state index contributed by atoms with van der Waals surface area (Å²) in [5.74, 6) is -0.828. The largest absolute Gasteiger partial charge is 0.480 e. The smallest absolute Gasteiger partial charge is 0.321 e. The molecule has 1 atom stereocenters. The Hall–Kier alpha value is -0.750. The fourth-order valence-electron chi connectivity index (χ4n) is 1.02. The first-order valence-electron chi connectivity index (χ1n) is 5.47. The van der Waals surface area contributed by atoms with E-state index in [-0.39, 0.29) is 17.7 Å². The van der Waals surface area contributed by atoms with Crippen LogP contribution in [0.3, 0.4) is 0 Å². The standard InChI is InChI=1S/C11H22N2O3S/c1-7(2)13(5)8(14)6-17-11(3,4)9(12)10(15)16/h7,9H,6,12H2,1-5H3,(H,15,16)/t9-/m1/s1. The highest BCUT2D eigenvalue weighted by Gasteiger charge is 2.33. The van der Waals surface area contributed by atoms with Gasteiger partial charge in [-0.3, -0.25) is 9.59 Å². The molecule has 0 saturated heterocycles. The maximum atomic E-state index is 11.7. The Labute approximate surface area is 107 Å². The van der Waals surface area contributed by atoms with Gasteiger partial charge in [0.25, 0.3) is 0 Å². The first-order valence-corrected chi connectivity index (χ1v) is 6.46. The second kappa shape index (κ2) is 6.26. The Morgan fingerprint density at radius 3 is 2.24 bits per heavy atom. The maximum absolute atomic E-state index is 11.7. The van der Waals surface area contributed by atoms with Crippen LogP contribution in [0.1, 0.15) is 27.7 Å². The van der Waals surface area contributed by atoms with Gasteiger partial charge < -0.3 is 15.7 Å². The minimum Gasteiger partial charge on any atom is -0.480 e. The summed E-state index contributed by atoms with van der Waals surface area (Å²) in [5.41, 5.74) is 5.57. The molecule has 0 aromatic carbocycles. The van der Waals surface area contributed by atoms with Crippen LogP contribution in [0.25, 0.3) is 0 Å². The predicted molar refractivity (Wildman–Crippen MR) is 70.1 cm³/mol. The predicted octanol–water partition coefficient (Wildman–Crippen LogP) is 0.777. The first kappa shape index (κ1) is 16.2. The molecular formula is C11H22N2O3S. The van der Waals surface area contributed by atoms with E-state index in [9.17, 15) is 9.59 Å². The van der Waals surface area contributed by atoms with Crippen molar-refractivity contribution in [3.8, 4) is 0 Å². The monoisotopic (exact) mass is 262 g/mol. The zero-order valence-corrected chi connectivity index (χ0v) is 11.9. The molecule has 6 heteroatoms. The van der Waals surface area contributed by atoms with Crippen molar-refractivity contribution in [1.82, 2.24) is 4.90 Å². The summed E-state index contributed by atoms with van der Waals surface area (Å²) in [6, 6.07) is -0.844. The summed E-state index contributed by atoms with van der Waals surface area (Å²) < 4.78 is -0.667. The van der Waals surface area contributed by atoms with Gasteiger partial charge in [0.05, 0.1) is 5.75 Å². The van der Waals surface area contributed by atoms with Gasteiger partial charge >= 0.3 is 5.97 Å². The van der Waals surface area contributed by atoms with Crippen LogP contribution < -0.4 is 5.73 Å². The third kappa shape index (κ3) is 4.95. The third-order valence-corrected chi connectivity index (χ3v) is 4.14. The van der Waals surface area contributed by atoms with Gasteiger partial charge in [0.15, 0.2) is 0 Å². The number of rotatable bonds is 6. The van der Waals surface area contributed by atoms with Gasteiger partial charge in [-0.05, 0) is 27.7 Å². The molecule has 0 heterocycles. The van der Waals surface area contributed by atoms with Gasteiger partial charge in [-0.15, -0.1) is 11.8 Å². The van der Waals surface area contributed by atoms with Gasteiger partial charge in [-0.1, -0.05) is 0 Å². The Kier molecular flexibility index (Phi) is 5.98. The number of carbonyl (C=O) groups is 2. The maximum Gasteiger partial charge on any atom is 0.321 e. The molecule has 5 nitrogen and oxygen atoms in total. The quantitative estimate of drug-likeness (QED) is 0.739. The molecular weight excluding hydrogens is 240 g/mol. The van der Waals surface area contributed by atoms with Crippen LogP contribution in [-0.4, -0.2) is 51.5 Å². The molecule has 0 rings (SSSR count). The van der Waals surface area contributed by atoms with E-state index >= 15 is 0 Å². The third-order valence-electron chi connectivity index (χ3n) is 2.75. The summed E-state index contributed by atoms with van der Waals surface area (Å²) in [6.07, 6.45) is 0. The molecule has 0 aliphatic rings. The number of nitrogens with zero attached hydrogens (tertiary/aromatic N) is 1. The molecule has 0 saturated carbocycles. The number of carboxylic acid groups (broad SMARTS) is 1. The van der Waals surface area contributed by atoms with E-state index in [4.69, 9.17) is 10.8 Å². The molecule has 0 radical (unpaired) electrons. The summed E-state index contributed by atoms with van der Waals surface area (Å²) in [6.45, 7) is 7.33. The molecule has 0 aromatic heterocycles. The Balaban J connectivity index is 4.37. The van der Waals surface area contributed by atoms with Gasteiger partial charge in [-0.25, -0.2) is 0 Å². The molecule has 1 amide bonds. The molecule has 0 unspecified atom stereocenters. The van der Waals surface area contributed by atoms with E-state index in [0.717, 1.165) is 0 Å². The molecule has 0 spiro atoms. The lowest BCUT2D eigenvalue weighted by Gasteiger charge is -2.29. The van der Waals surface area contributed by atoms with Gasteiger partial charge in [0.2, 0.25) is 5.91 Å². The molecule has 0 aliphatic heterocycles. The molecule has 100 valence electrons. The topological polar surface area (TPSA) is 83.6 Å². The van der Waals surface area contributed by atoms with Crippen molar-refractivity contribution in [2.45, 2.75) is 44.5 Å². The van der Waals surface area contributed by atoms with Crippen LogP contribution >= 0.6 is 11.8 Å². The molecule has 0 bridgehead atoms. The summed E-state index contributed by atoms with van der Waals surface area (Å²) >= 11 is 1.27. The summed E-state index contributed by atoms with van der Waals surface area (Å²) in [7, 11) is 1.73. The van der Waals surface area contributed by atoms with Gasteiger partial charge in [0, 0.05) is 17.8 Å². The normalized spacial score (nSPS) is 13.6. The van der Waals surface area contributed by atoms with Crippen LogP contribution in [0.15, 0.2) is 0 Å². The minimum atomic E-state index is -1.05. The highest BCUT2D eigenvalue weighted by atomic mass is 32.2. The number of carboxylic acids is 1. The van der Waals surface area contributed by atoms with E-state index in [1.807, 2.05) is 13.8 Å².